The van der Waals surface area contributed by atoms with Crippen molar-refractivity contribution in [2.24, 2.45) is 0 Å². The fourth-order valence-corrected chi connectivity index (χ4v) is 3.18. The summed E-state index contributed by atoms with van der Waals surface area (Å²) >= 11 is 0. The predicted molar refractivity (Wildman–Crippen MR) is 86.4 cm³/mol. The Bertz CT molecular complexity index is 740. The first-order valence-corrected chi connectivity index (χ1v) is 8.94. The van der Waals surface area contributed by atoms with Crippen molar-refractivity contribution in [3.63, 3.8) is 0 Å². The zero-order valence-electron chi connectivity index (χ0n) is 12.5. The summed E-state index contributed by atoms with van der Waals surface area (Å²) in [7, 11) is -3.32. The van der Waals surface area contributed by atoms with Crippen LogP contribution < -0.4 is 5.32 Å². The molecule has 0 heterocycles. The molecular weight excluding hydrogens is 298 g/mol. The van der Waals surface area contributed by atoms with Crippen molar-refractivity contribution in [1.29, 1.82) is 0 Å². The number of benzene rings is 2. The van der Waals surface area contributed by atoms with Crippen molar-refractivity contribution in [3.8, 4) is 0 Å². The molecule has 0 aliphatic heterocycles. The van der Waals surface area contributed by atoms with Gasteiger partial charge >= 0.3 is 0 Å². The fourth-order valence-electron chi connectivity index (χ4n) is 2.24. The van der Waals surface area contributed by atoms with Gasteiger partial charge in [-0.2, -0.15) is 0 Å². The average Bonchev–Trinajstić information content (AvgIpc) is 2.48. The molecule has 0 atom stereocenters. The Morgan fingerprint density at radius 3 is 2.32 bits per heavy atom. The normalized spacial score (nSPS) is 11.1. The number of hydrogen-bond acceptors (Lipinski definition) is 3. The number of sulfone groups is 1. The van der Waals surface area contributed by atoms with Crippen LogP contribution in [0.2, 0.25) is 0 Å². The van der Waals surface area contributed by atoms with E-state index < -0.39 is 9.84 Å². The lowest BCUT2D eigenvalue weighted by Gasteiger charge is -2.09. The Hall–Kier alpha value is -2.14. The molecule has 0 aromatic heterocycles. The molecule has 116 valence electrons. The van der Waals surface area contributed by atoms with E-state index in [1.807, 2.05) is 30.3 Å². The van der Waals surface area contributed by atoms with Crippen LogP contribution in [0.4, 0.5) is 0 Å². The van der Waals surface area contributed by atoms with Crippen molar-refractivity contribution >= 4 is 15.7 Å². The lowest BCUT2D eigenvalue weighted by Crippen LogP contribution is -2.27. The third-order valence-corrected chi connectivity index (χ3v) is 4.50. The summed E-state index contributed by atoms with van der Waals surface area (Å²) in [5.41, 5.74) is 1.68. The molecule has 1 amide bonds. The van der Waals surface area contributed by atoms with E-state index in [-0.39, 0.29) is 17.2 Å². The first kappa shape index (κ1) is 16.2. The molecule has 0 spiro atoms. The van der Waals surface area contributed by atoms with Crippen molar-refractivity contribution in [2.45, 2.75) is 17.7 Å². The smallest absolute Gasteiger partial charge is 0.224 e. The van der Waals surface area contributed by atoms with Crippen LogP contribution >= 0.6 is 0 Å². The van der Waals surface area contributed by atoms with Gasteiger partial charge in [-0.3, -0.25) is 4.79 Å². The topological polar surface area (TPSA) is 63.2 Å². The molecule has 2 rings (SSSR count). The Kier molecular flexibility index (Phi) is 5.33. The molecule has 0 radical (unpaired) electrons. The third-order valence-electron chi connectivity index (χ3n) is 3.30. The van der Waals surface area contributed by atoms with Gasteiger partial charge in [0, 0.05) is 12.8 Å². The summed E-state index contributed by atoms with van der Waals surface area (Å²) in [5, 5.41) is 2.82. The SMILES string of the molecule is CS(=O)(=O)c1ccccc1CC(=O)NCCc1ccccc1. The molecule has 1 N–H and O–H groups in total. The molecule has 2 aromatic carbocycles. The molecular formula is C17H19NO3S. The summed E-state index contributed by atoms with van der Waals surface area (Å²) < 4.78 is 23.4. The third kappa shape index (κ3) is 4.70. The average molecular weight is 317 g/mol. The molecule has 0 unspecified atom stereocenters. The van der Waals surface area contributed by atoms with Gasteiger partial charge in [0.15, 0.2) is 9.84 Å². The van der Waals surface area contributed by atoms with Crippen molar-refractivity contribution < 1.29 is 13.2 Å². The Morgan fingerprint density at radius 2 is 1.64 bits per heavy atom. The number of amides is 1. The maximum atomic E-state index is 12.0. The zero-order chi connectivity index (χ0) is 16.0. The van der Waals surface area contributed by atoms with E-state index in [2.05, 4.69) is 5.32 Å². The monoisotopic (exact) mass is 317 g/mol. The van der Waals surface area contributed by atoms with E-state index in [0.29, 0.717) is 12.1 Å². The van der Waals surface area contributed by atoms with Gasteiger partial charge in [-0.25, -0.2) is 8.42 Å². The van der Waals surface area contributed by atoms with Gasteiger partial charge in [0.05, 0.1) is 11.3 Å². The van der Waals surface area contributed by atoms with Gasteiger partial charge in [-0.05, 0) is 23.6 Å². The van der Waals surface area contributed by atoms with Crippen molar-refractivity contribution in [2.75, 3.05) is 12.8 Å². The Morgan fingerprint density at radius 1 is 1.00 bits per heavy atom. The van der Waals surface area contributed by atoms with Crippen LogP contribution in [-0.2, 0) is 27.5 Å². The highest BCUT2D eigenvalue weighted by Crippen LogP contribution is 2.15. The van der Waals surface area contributed by atoms with Crippen molar-refractivity contribution in [1.82, 2.24) is 5.32 Å². The summed E-state index contributed by atoms with van der Waals surface area (Å²) in [4.78, 5) is 12.2. The Labute approximate surface area is 131 Å². The number of hydrogen-bond donors (Lipinski definition) is 1. The van der Waals surface area contributed by atoms with Crippen LogP contribution in [0.3, 0.4) is 0 Å². The second kappa shape index (κ2) is 7.22. The maximum absolute atomic E-state index is 12.0. The van der Waals surface area contributed by atoms with Gasteiger partial charge in [0.2, 0.25) is 5.91 Å². The highest BCUT2D eigenvalue weighted by atomic mass is 32.2. The van der Waals surface area contributed by atoms with Gasteiger partial charge in [0.1, 0.15) is 0 Å². The molecule has 0 fully saturated rings. The predicted octanol–water partition coefficient (Wildman–Crippen LogP) is 1.99. The Balaban J connectivity index is 1.93. The molecule has 0 aliphatic rings. The molecule has 0 aliphatic carbocycles. The molecule has 0 saturated carbocycles. The van der Waals surface area contributed by atoms with E-state index in [1.54, 1.807) is 18.2 Å². The molecule has 0 bridgehead atoms. The van der Waals surface area contributed by atoms with Gasteiger partial charge in [-0.1, -0.05) is 48.5 Å². The van der Waals surface area contributed by atoms with Crippen LogP contribution in [0.25, 0.3) is 0 Å². The second-order valence-electron chi connectivity index (χ2n) is 5.14. The second-order valence-corrected chi connectivity index (χ2v) is 7.13. The van der Waals surface area contributed by atoms with Crippen LogP contribution in [0.15, 0.2) is 59.5 Å². The van der Waals surface area contributed by atoms with Crippen LogP contribution in [0.1, 0.15) is 11.1 Å². The highest BCUT2D eigenvalue weighted by molar-refractivity contribution is 7.90. The van der Waals surface area contributed by atoms with Crippen LogP contribution in [-0.4, -0.2) is 27.1 Å². The molecule has 2 aromatic rings. The first-order valence-electron chi connectivity index (χ1n) is 7.05. The van der Waals surface area contributed by atoms with Gasteiger partial charge < -0.3 is 5.32 Å². The maximum Gasteiger partial charge on any atom is 0.224 e. The highest BCUT2D eigenvalue weighted by Gasteiger charge is 2.14. The minimum Gasteiger partial charge on any atom is -0.355 e. The van der Waals surface area contributed by atoms with Gasteiger partial charge in [0.25, 0.3) is 0 Å². The summed E-state index contributed by atoms with van der Waals surface area (Å²) in [6, 6.07) is 16.5. The quantitative estimate of drug-likeness (QED) is 0.886. The molecule has 22 heavy (non-hydrogen) atoms. The molecule has 4 nitrogen and oxygen atoms in total. The van der Waals surface area contributed by atoms with E-state index in [0.717, 1.165) is 18.2 Å². The number of carbonyl (C=O) groups is 1. The van der Waals surface area contributed by atoms with Crippen molar-refractivity contribution in [3.05, 3.63) is 65.7 Å². The number of nitrogens with one attached hydrogen (secondary N) is 1. The summed E-state index contributed by atoms with van der Waals surface area (Å²) in [6.45, 7) is 0.532. The van der Waals surface area contributed by atoms with E-state index in [1.165, 1.54) is 6.07 Å². The van der Waals surface area contributed by atoms with Gasteiger partial charge in [-0.15, -0.1) is 0 Å². The zero-order valence-corrected chi connectivity index (χ0v) is 13.3. The lowest BCUT2D eigenvalue weighted by atomic mass is 10.1. The minimum absolute atomic E-state index is 0.0675. The van der Waals surface area contributed by atoms with Crippen LogP contribution in [0, 0.1) is 0 Å². The van der Waals surface area contributed by atoms with Crippen LogP contribution in [0.5, 0.6) is 0 Å². The number of carbonyl (C=O) groups excluding carboxylic acids is 1. The standard InChI is InChI=1S/C17H19NO3S/c1-22(20,21)16-10-6-5-9-15(16)13-17(19)18-12-11-14-7-3-2-4-8-14/h2-10H,11-13H2,1H3,(H,18,19). The fraction of sp³-hybridized carbons (Fsp3) is 0.235. The largest absolute Gasteiger partial charge is 0.355 e. The summed E-state index contributed by atoms with van der Waals surface area (Å²) in [6.07, 6.45) is 1.97. The lowest BCUT2D eigenvalue weighted by molar-refractivity contribution is -0.120. The van der Waals surface area contributed by atoms with E-state index in [4.69, 9.17) is 0 Å². The summed E-state index contributed by atoms with van der Waals surface area (Å²) in [5.74, 6) is -0.174. The molecule has 5 heteroatoms. The van der Waals surface area contributed by atoms with E-state index in [9.17, 15) is 13.2 Å². The van der Waals surface area contributed by atoms with E-state index >= 15 is 0 Å². The number of rotatable bonds is 6. The minimum atomic E-state index is -3.32. The first-order chi connectivity index (χ1) is 10.5. The molecule has 0 saturated heterocycles.